The van der Waals surface area contributed by atoms with Crippen LogP contribution in [0.3, 0.4) is 0 Å². The predicted octanol–water partition coefficient (Wildman–Crippen LogP) is 2.14. The maximum atomic E-state index is 4.53. The maximum absolute atomic E-state index is 4.53. The van der Waals surface area contributed by atoms with Crippen molar-refractivity contribution in [1.82, 2.24) is 20.1 Å². The second kappa shape index (κ2) is 8.80. The van der Waals surface area contributed by atoms with E-state index in [-0.39, 0.29) is 0 Å². The lowest BCUT2D eigenvalue weighted by Gasteiger charge is -2.19. The van der Waals surface area contributed by atoms with Crippen LogP contribution in [-0.4, -0.2) is 46.3 Å². The molecule has 1 N–H and O–H groups in total. The van der Waals surface area contributed by atoms with Gasteiger partial charge < -0.3 is 10.2 Å². The third-order valence-electron chi connectivity index (χ3n) is 3.21. The Morgan fingerprint density at radius 1 is 0.947 bits per heavy atom. The average Bonchev–Trinajstić information content (AvgIpc) is 2.46. The molecule has 0 unspecified atom stereocenters. The lowest BCUT2D eigenvalue weighted by Crippen LogP contribution is -2.30. The van der Waals surface area contributed by atoms with E-state index in [9.17, 15) is 0 Å². The normalized spacial score (nSPS) is 11.0. The molecule has 1 heterocycles. The lowest BCUT2D eigenvalue weighted by molar-refractivity contribution is 0.300. The second-order valence-corrected chi connectivity index (χ2v) is 4.60. The highest BCUT2D eigenvalue weighted by atomic mass is 15.2. The third kappa shape index (κ3) is 5.11. The van der Waals surface area contributed by atoms with Crippen LogP contribution in [0, 0.1) is 0 Å². The average molecular weight is 265 g/mol. The third-order valence-corrected chi connectivity index (χ3v) is 3.21. The molecule has 108 valence electrons. The number of aryl methyl sites for hydroxylation is 2. The summed E-state index contributed by atoms with van der Waals surface area (Å²) in [6, 6.07) is 0. The second-order valence-electron chi connectivity index (χ2n) is 4.60. The Bertz CT molecular complexity index is 367. The number of anilines is 1. The molecular formula is C14H27N5. The van der Waals surface area contributed by atoms with E-state index in [1.165, 1.54) is 6.42 Å². The van der Waals surface area contributed by atoms with Crippen LogP contribution in [0.1, 0.15) is 45.5 Å². The fourth-order valence-electron chi connectivity index (χ4n) is 2.08. The van der Waals surface area contributed by atoms with Gasteiger partial charge in [-0.25, -0.2) is 4.98 Å². The number of rotatable bonds is 9. The first kappa shape index (κ1) is 15.8. The van der Waals surface area contributed by atoms with Crippen LogP contribution >= 0.6 is 0 Å². The van der Waals surface area contributed by atoms with Gasteiger partial charge in [-0.15, -0.1) is 5.10 Å². The van der Waals surface area contributed by atoms with Crippen molar-refractivity contribution >= 4 is 5.95 Å². The summed E-state index contributed by atoms with van der Waals surface area (Å²) in [4.78, 5) is 6.95. The molecule has 0 saturated heterocycles. The molecule has 0 aliphatic carbocycles. The standard InChI is InChI=1S/C14H27N5/c1-5-10-19(8-4)11-9-15-14-16-12(6-2)13(7-3)17-18-14/h5-11H2,1-4H3,(H,15,16,18). The minimum Gasteiger partial charge on any atom is -0.352 e. The van der Waals surface area contributed by atoms with Crippen molar-refractivity contribution in [2.24, 2.45) is 0 Å². The predicted molar refractivity (Wildman–Crippen MR) is 79.5 cm³/mol. The Labute approximate surface area is 116 Å². The largest absolute Gasteiger partial charge is 0.352 e. The first-order chi connectivity index (χ1) is 9.24. The first-order valence-electron chi connectivity index (χ1n) is 7.43. The molecule has 5 nitrogen and oxygen atoms in total. The van der Waals surface area contributed by atoms with Gasteiger partial charge in [0.1, 0.15) is 0 Å². The van der Waals surface area contributed by atoms with Crippen LogP contribution < -0.4 is 5.32 Å². The molecule has 19 heavy (non-hydrogen) atoms. The first-order valence-corrected chi connectivity index (χ1v) is 7.43. The minimum absolute atomic E-state index is 0.654. The van der Waals surface area contributed by atoms with E-state index in [1.54, 1.807) is 0 Å². The van der Waals surface area contributed by atoms with E-state index < -0.39 is 0 Å². The van der Waals surface area contributed by atoms with E-state index in [0.717, 1.165) is 50.4 Å². The van der Waals surface area contributed by atoms with Crippen molar-refractivity contribution in [2.75, 3.05) is 31.5 Å². The molecule has 5 heteroatoms. The van der Waals surface area contributed by atoms with Crippen LogP contribution in [0.4, 0.5) is 5.95 Å². The SMILES string of the molecule is CCCN(CC)CCNc1nnc(CC)c(CC)n1. The molecule has 0 aromatic carbocycles. The highest BCUT2D eigenvalue weighted by molar-refractivity contribution is 5.25. The zero-order valence-corrected chi connectivity index (χ0v) is 12.7. The van der Waals surface area contributed by atoms with E-state index >= 15 is 0 Å². The van der Waals surface area contributed by atoms with Crippen LogP contribution in [0.15, 0.2) is 0 Å². The molecule has 0 aliphatic heterocycles. The maximum Gasteiger partial charge on any atom is 0.243 e. The van der Waals surface area contributed by atoms with E-state index in [4.69, 9.17) is 0 Å². The number of aromatic nitrogens is 3. The molecule has 0 spiro atoms. The number of hydrogen-bond acceptors (Lipinski definition) is 5. The Morgan fingerprint density at radius 3 is 2.26 bits per heavy atom. The van der Waals surface area contributed by atoms with Crippen LogP contribution in [-0.2, 0) is 12.8 Å². The number of likely N-dealkylation sites (N-methyl/N-ethyl adjacent to an activating group) is 1. The summed E-state index contributed by atoms with van der Waals surface area (Å²) in [6.07, 6.45) is 2.99. The number of nitrogens with zero attached hydrogens (tertiary/aromatic N) is 4. The highest BCUT2D eigenvalue weighted by Gasteiger charge is 2.06. The van der Waals surface area contributed by atoms with Crippen molar-refractivity contribution in [3.8, 4) is 0 Å². The minimum atomic E-state index is 0.654. The van der Waals surface area contributed by atoms with Crippen molar-refractivity contribution in [3.63, 3.8) is 0 Å². The Kier molecular flexibility index (Phi) is 7.33. The number of hydrogen-bond donors (Lipinski definition) is 1. The molecule has 0 atom stereocenters. The Morgan fingerprint density at radius 2 is 1.68 bits per heavy atom. The highest BCUT2D eigenvalue weighted by Crippen LogP contribution is 2.06. The molecule has 1 rings (SSSR count). The van der Waals surface area contributed by atoms with Gasteiger partial charge in [-0.1, -0.05) is 27.7 Å². The summed E-state index contributed by atoms with van der Waals surface area (Å²) in [5, 5.41) is 11.6. The fraction of sp³-hybridized carbons (Fsp3) is 0.786. The molecule has 0 amide bonds. The molecule has 0 radical (unpaired) electrons. The quantitative estimate of drug-likeness (QED) is 0.741. The van der Waals surface area contributed by atoms with Gasteiger partial charge in [-0.3, -0.25) is 0 Å². The summed E-state index contributed by atoms with van der Waals surface area (Å²) in [5.74, 6) is 0.654. The van der Waals surface area contributed by atoms with Gasteiger partial charge >= 0.3 is 0 Å². The van der Waals surface area contributed by atoms with Crippen LogP contribution in [0.2, 0.25) is 0 Å². The zero-order valence-electron chi connectivity index (χ0n) is 12.7. The molecule has 0 bridgehead atoms. The molecule has 1 aromatic rings. The van der Waals surface area contributed by atoms with Crippen LogP contribution in [0.5, 0.6) is 0 Å². The Balaban J connectivity index is 2.49. The smallest absolute Gasteiger partial charge is 0.243 e. The monoisotopic (exact) mass is 265 g/mol. The van der Waals surface area contributed by atoms with Gasteiger partial charge in [-0.2, -0.15) is 5.10 Å². The summed E-state index contributed by atoms with van der Waals surface area (Å²) >= 11 is 0. The topological polar surface area (TPSA) is 53.9 Å². The van der Waals surface area contributed by atoms with Gasteiger partial charge in [0.2, 0.25) is 5.95 Å². The van der Waals surface area contributed by atoms with Crippen molar-refractivity contribution in [1.29, 1.82) is 0 Å². The Hall–Kier alpha value is -1.23. The van der Waals surface area contributed by atoms with Crippen LogP contribution in [0.25, 0.3) is 0 Å². The van der Waals surface area contributed by atoms with Gasteiger partial charge in [0.25, 0.3) is 0 Å². The number of nitrogens with one attached hydrogen (secondary N) is 1. The summed E-state index contributed by atoms with van der Waals surface area (Å²) in [5.41, 5.74) is 2.06. The fourth-order valence-corrected chi connectivity index (χ4v) is 2.08. The summed E-state index contributed by atoms with van der Waals surface area (Å²) in [6.45, 7) is 12.7. The van der Waals surface area contributed by atoms with Gasteiger partial charge in [-0.05, 0) is 32.4 Å². The molecule has 0 saturated carbocycles. The zero-order chi connectivity index (χ0) is 14.1. The molecular weight excluding hydrogens is 238 g/mol. The summed E-state index contributed by atoms with van der Waals surface area (Å²) in [7, 11) is 0. The van der Waals surface area contributed by atoms with E-state index in [0.29, 0.717) is 5.95 Å². The lowest BCUT2D eigenvalue weighted by atomic mass is 10.2. The molecule has 0 aliphatic rings. The van der Waals surface area contributed by atoms with Crippen molar-refractivity contribution in [2.45, 2.75) is 47.0 Å². The molecule has 0 fully saturated rings. The van der Waals surface area contributed by atoms with E-state index in [1.807, 2.05) is 0 Å². The van der Waals surface area contributed by atoms with Gasteiger partial charge in [0.05, 0.1) is 11.4 Å². The van der Waals surface area contributed by atoms with E-state index in [2.05, 4.69) is 53.1 Å². The van der Waals surface area contributed by atoms with Gasteiger partial charge in [0, 0.05) is 13.1 Å². The van der Waals surface area contributed by atoms with Crippen molar-refractivity contribution in [3.05, 3.63) is 11.4 Å². The molecule has 1 aromatic heterocycles. The van der Waals surface area contributed by atoms with Crippen molar-refractivity contribution < 1.29 is 0 Å². The summed E-state index contributed by atoms with van der Waals surface area (Å²) < 4.78 is 0. The van der Waals surface area contributed by atoms with Gasteiger partial charge in [0.15, 0.2) is 0 Å².